The summed E-state index contributed by atoms with van der Waals surface area (Å²) in [5, 5.41) is 62.4. The monoisotopic (exact) mass is 816 g/mol. The van der Waals surface area contributed by atoms with E-state index in [0.717, 1.165) is 64.2 Å². The summed E-state index contributed by atoms with van der Waals surface area (Å²) in [6.07, 6.45) is 18.9. The van der Waals surface area contributed by atoms with Crippen LogP contribution in [0.1, 0.15) is 141 Å². The third-order valence-electron chi connectivity index (χ3n) is 12.3. The molecule has 0 radical (unpaired) electrons. The van der Waals surface area contributed by atoms with E-state index in [0.29, 0.717) is 6.42 Å². The summed E-state index contributed by atoms with van der Waals surface area (Å²) >= 11 is 0. The highest BCUT2D eigenvalue weighted by Gasteiger charge is 2.44. The van der Waals surface area contributed by atoms with Crippen LogP contribution in [-0.2, 0) is 20.7 Å². The van der Waals surface area contributed by atoms with Crippen molar-refractivity contribution in [2.24, 2.45) is 0 Å². The maximum Gasteiger partial charge on any atom is 0.220 e. The first-order chi connectivity index (χ1) is 28.8. The van der Waals surface area contributed by atoms with Crippen LogP contribution in [0.2, 0.25) is 0 Å². The summed E-state index contributed by atoms with van der Waals surface area (Å²) in [5.74, 6) is -0.196. The predicted octanol–water partition coefficient (Wildman–Crippen LogP) is 9.17. The van der Waals surface area contributed by atoms with E-state index in [1.165, 1.54) is 102 Å². The van der Waals surface area contributed by atoms with Gasteiger partial charge in [0.25, 0.3) is 0 Å². The SMILES string of the molecule is CCCCCCCCCCCCC/C=C/[C@@H](O)[C@H](CO[C@@H]1O[C@H](CO)[C@@H](O)[C@H](O)[C@H]1O)NC(=O)CCCCCCCCCc1ccc2ccc3cccc4ccc1c2c34. The van der Waals surface area contributed by atoms with Gasteiger partial charge in [-0.15, -0.1) is 0 Å². The molecule has 1 saturated heterocycles. The summed E-state index contributed by atoms with van der Waals surface area (Å²) < 4.78 is 11.2. The molecular formula is C50H73NO8. The molecule has 5 rings (SSSR count). The number of unbranched alkanes of at least 4 members (excludes halogenated alkanes) is 17. The van der Waals surface area contributed by atoms with Crippen LogP contribution in [0.25, 0.3) is 32.3 Å². The lowest BCUT2D eigenvalue weighted by Gasteiger charge is -2.40. The molecule has 7 atom stereocenters. The fourth-order valence-electron chi connectivity index (χ4n) is 8.70. The van der Waals surface area contributed by atoms with Gasteiger partial charge in [0.05, 0.1) is 25.4 Å². The smallest absolute Gasteiger partial charge is 0.220 e. The number of carbonyl (C=O) groups is 1. The van der Waals surface area contributed by atoms with E-state index < -0.39 is 49.5 Å². The highest BCUT2D eigenvalue weighted by atomic mass is 16.7. The number of carbonyl (C=O) groups excluding carboxylic acids is 1. The van der Waals surface area contributed by atoms with Crippen molar-refractivity contribution in [3.8, 4) is 0 Å². The van der Waals surface area contributed by atoms with Crippen molar-refractivity contribution in [2.75, 3.05) is 13.2 Å². The minimum atomic E-state index is -1.58. The average molecular weight is 816 g/mol. The third-order valence-corrected chi connectivity index (χ3v) is 12.3. The number of nitrogens with one attached hydrogen (secondary N) is 1. The number of amides is 1. The van der Waals surface area contributed by atoms with Crippen LogP contribution in [0, 0.1) is 0 Å². The second-order valence-electron chi connectivity index (χ2n) is 17.0. The zero-order valence-corrected chi connectivity index (χ0v) is 35.6. The van der Waals surface area contributed by atoms with Crippen LogP contribution in [0.4, 0.5) is 0 Å². The summed E-state index contributed by atoms with van der Waals surface area (Å²) in [6.45, 7) is 1.47. The normalized spacial score (nSPS) is 20.9. The van der Waals surface area contributed by atoms with Crippen molar-refractivity contribution in [2.45, 2.75) is 185 Å². The predicted molar refractivity (Wildman–Crippen MR) is 239 cm³/mol. The Morgan fingerprint density at radius 3 is 1.95 bits per heavy atom. The van der Waals surface area contributed by atoms with Gasteiger partial charge in [-0.2, -0.15) is 0 Å². The topological polar surface area (TPSA) is 149 Å². The van der Waals surface area contributed by atoms with Gasteiger partial charge in [0, 0.05) is 6.42 Å². The molecule has 59 heavy (non-hydrogen) atoms. The number of allylic oxidation sites excluding steroid dienone is 1. The summed E-state index contributed by atoms with van der Waals surface area (Å²) in [6, 6.07) is 19.3. The Labute approximate surface area is 352 Å². The molecule has 4 aromatic carbocycles. The number of aliphatic hydroxyl groups is 5. The first-order valence-corrected chi connectivity index (χ1v) is 23.0. The average Bonchev–Trinajstić information content (AvgIpc) is 3.25. The van der Waals surface area contributed by atoms with E-state index in [-0.39, 0.29) is 12.5 Å². The lowest BCUT2D eigenvalue weighted by molar-refractivity contribution is -0.302. The molecule has 0 saturated carbocycles. The summed E-state index contributed by atoms with van der Waals surface area (Å²) in [7, 11) is 0. The molecule has 1 heterocycles. The Bertz CT molecular complexity index is 1790. The molecule has 9 nitrogen and oxygen atoms in total. The van der Waals surface area contributed by atoms with Crippen LogP contribution in [0.3, 0.4) is 0 Å². The van der Waals surface area contributed by atoms with E-state index in [1.807, 2.05) is 6.08 Å². The number of aryl methyl sites for hydroxylation is 1. The number of aliphatic hydroxyl groups excluding tert-OH is 5. The molecule has 4 aromatic rings. The van der Waals surface area contributed by atoms with Crippen LogP contribution >= 0.6 is 0 Å². The van der Waals surface area contributed by atoms with Gasteiger partial charge < -0.3 is 40.3 Å². The van der Waals surface area contributed by atoms with E-state index in [4.69, 9.17) is 9.47 Å². The second kappa shape index (κ2) is 25.6. The van der Waals surface area contributed by atoms with E-state index in [1.54, 1.807) is 6.08 Å². The van der Waals surface area contributed by atoms with Gasteiger partial charge >= 0.3 is 0 Å². The van der Waals surface area contributed by atoms with Gasteiger partial charge in [0.2, 0.25) is 5.91 Å². The van der Waals surface area contributed by atoms with Crippen molar-refractivity contribution < 1.29 is 39.8 Å². The molecule has 1 aliphatic heterocycles. The number of benzene rings is 4. The zero-order valence-electron chi connectivity index (χ0n) is 35.6. The van der Waals surface area contributed by atoms with Gasteiger partial charge in [-0.25, -0.2) is 0 Å². The van der Waals surface area contributed by atoms with Crippen molar-refractivity contribution in [1.82, 2.24) is 5.32 Å². The quantitative estimate of drug-likeness (QED) is 0.0181. The molecule has 1 aliphatic rings. The first-order valence-electron chi connectivity index (χ1n) is 23.0. The van der Waals surface area contributed by atoms with Crippen LogP contribution in [0.5, 0.6) is 0 Å². The van der Waals surface area contributed by atoms with Gasteiger partial charge in [0.15, 0.2) is 6.29 Å². The molecular weight excluding hydrogens is 743 g/mol. The van der Waals surface area contributed by atoms with Gasteiger partial charge in [-0.3, -0.25) is 4.79 Å². The van der Waals surface area contributed by atoms with Crippen molar-refractivity contribution in [3.63, 3.8) is 0 Å². The first kappa shape index (κ1) is 46.9. The molecule has 0 aliphatic carbocycles. The van der Waals surface area contributed by atoms with Crippen LogP contribution < -0.4 is 5.32 Å². The third kappa shape index (κ3) is 14.2. The fourth-order valence-corrected chi connectivity index (χ4v) is 8.70. The standard InChI is InChI=1S/C50H73NO8/c1-2-3-4-5-6-7-8-9-10-11-14-17-20-26-42(53)41(35-58-50-49(57)48(56)47(55)43(34-52)59-50)51-44(54)27-21-18-15-12-13-16-19-23-36-28-29-39-31-30-37-24-22-25-38-32-33-40(36)46(39)45(37)38/h20,22,24-26,28-33,41-43,47-50,52-53,55-57H,2-19,21,23,27,34-35H2,1H3,(H,51,54)/b26-20+/t41-,42+,43+,47+,48-,49+,50+/m0/s1. The molecule has 0 spiro atoms. The second-order valence-corrected chi connectivity index (χ2v) is 17.0. The largest absolute Gasteiger partial charge is 0.394 e. The summed E-state index contributed by atoms with van der Waals surface area (Å²) in [4.78, 5) is 13.1. The minimum absolute atomic E-state index is 0.196. The van der Waals surface area contributed by atoms with E-state index in [9.17, 15) is 30.3 Å². The van der Waals surface area contributed by atoms with E-state index in [2.05, 4.69) is 66.8 Å². The Morgan fingerprint density at radius 2 is 1.29 bits per heavy atom. The molecule has 0 unspecified atom stereocenters. The van der Waals surface area contributed by atoms with Gasteiger partial charge in [0.1, 0.15) is 24.4 Å². The number of rotatable bonds is 29. The van der Waals surface area contributed by atoms with Gasteiger partial charge in [-0.05, 0) is 70.0 Å². The fraction of sp³-hybridized carbons (Fsp3) is 0.620. The lowest BCUT2D eigenvalue weighted by Crippen LogP contribution is -2.60. The van der Waals surface area contributed by atoms with Crippen molar-refractivity contribution in [1.29, 1.82) is 0 Å². The molecule has 1 amide bonds. The summed E-state index contributed by atoms with van der Waals surface area (Å²) in [5.41, 5.74) is 1.42. The van der Waals surface area contributed by atoms with Gasteiger partial charge in [-0.1, -0.05) is 170 Å². The highest BCUT2D eigenvalue weighted by Crippen LogP contribution is 2.36. The number of ether oxygens (including phenoxy) is 2. The Morgan fingerprint density at radius 1 is 0.712 bits per heavy atom. The van der Waals surface area contributed by atoms with E-state index >= 15 is 0 Å². The number of hydrogen-bond acceptors (Lipinski definition) is 8. The van der Waals surface area contributed by atoms with Crippen molar-refractivity contribution >= 4 is 38.2 Å². The molecule has 6 N–H and O–H groups in total. The Hall–Kier alpha value is -3.15. The Balaban J connectivity index is 0.995. The molecule has 0 bridgehead atoms. The van der Waals surface area contributed by atoms with Crippen molar-refractivity contribution in [3.05, 3.63) is 72.3 Å². The molecule has 0 aromatic heterocycles. The lowest BCUT2D eigenvalue weighted by atomic mass is 9.90. The Kier molecular flexibility index (Phi) is 20.3. The zero-order chi connectivity index (χ0) is 41.8. The highest BCUT2D eigenvalue weighted by molar-refractivity contribution is 6.23. The molecule has 326 valence electrons. The molecule has 1 fully saturated rings. The van der Waals surface area contributed by atoms with Crippen LogP contribution in [0.15, 0.2) is 66.7 Å². The van der Waals surface area contributed by atoms with Crippen LogP contribution in [-0.4, -0.2) is 87.5 Å². The molecule has 9 heteroatoms. The minimum Gasteiger partial charge on any atom is -0.394 e. The number of hydrogen-bond donors (Lipinski definition) is 6. The maximum atomic E-state index is 13.1. The maximum absolute atomic E-state index is 13.1.